The summed E-state index contributed by atoms with van der Waals surface area (Å²) >= 11 is 6.46. The monoisotopic (exact) mass is 222 g/mol. The summed E-state index contributed by atoms with van der Waals surface area (Å²) in [5, 5.41) is 0.259. The van der Waals surface area contributed by atoms with Crippen LogP contribution in [0.4, 0.5) is 0 Å². The Morgan fingerprint density at radius 1 is 1.20 bits per heavy atom. The molecule has 0 nitrogen and oxygen atoms in total. The molecule has 0 radical (unpaired) electrons. The van der Waals surface area contributed by atoms with Gasteiger partial charge in [-0.05, 0) is 54.4 Å². The number of hydrogen-bond acceptors (Lipinski definition) is 0. The van der Waals surface area contributed by atoms with Gasteiger partial charge in [-0.25, -0.2) is 0 Å². The van der Waals surface area contributed by atoms with Crippen LogP contribution in [-0.2, 0) is 19.3 Å². The summed E-state index contributed by atoms with van der Waals surface area (Å²) < 4.78 is 0. The molecule has 1 aromatic rings. The fourth-order valence-electron chi connectivity index (χ4n) is 2.69. The SMILES string of the molecule is CCc1ccc(CC)c2c1CCCC2Cl. The zero-order valence-electron chi connectivity index (χ0n) is 9.65. The van der Waals surface area contributed by atoms with E-state index in [2.05, 4.69) is 26.0 Å². The van der Waals surface area contributed by atoms with Gasteiger partial charge < -0.3 is 0 Å². The van der Waals surface area contributed by atoms with Crippen molar-refractivity contribution in [2.45, 2.75) is 51.3 Å². The van der Waals surface area contributed by atoms with Crippen LogP contribution in [0, 0.1) is 0 Å². The van der Waals surface area contributed by atoms with E-state index in [9.17, 15) is 0 Å². The van der Waals surface area contributed by atoms with Crippen LogP contribution in [0.3, 0.4) is 0 Å². The lowest BCUT2D eigenvalue weighted by molar-refractivity contribution is 0.655. The quantitative estimate of drug-likeness (QED) is 0.650. The summed E-state index contributed by atoms with van der Waals surface area (Å²) in [4.78, 5) is 0. The second kappa shape index (κ2) is 4.57. The molecule has 0 spiro atoms. The normalized spacial score (nSPS) is 20.1. The molecule has 15 heavy (non-hydrogen) atoms. The zero-order chi connectivity index (χ0) is 10.8. The van der Waals surface area contributed by atoms with Gasteiger partial charge in [0.15, 0.2) is 0 Å². The van der Waals surface area contributed by atoms with E-state index in [-0.39, 0.29) is 5.38 Å². The molecule has 0 bridgehead atoms. The summed E-state index contributed by atoms with van der Waals surface area (Å²) in [7, 11) is 0. The van der Waals surface area contributed by atoms with Gasteiger partial charge in [-0.3, -0.25) is 0 Å². The minimum Gasteiger partial charge on any atom is -0.118 e. The Kier molecular flexibility index (Phi) is 3.35. The summed E-state index contributed by atoms with van der Waals surface area (Å²) in [5.74, 6) is 0. The Morgan fingerprint density at radius 2 is 1.87 bits per heavy atom. The zero-order valence-corrected chi connectivity index (χ0v) is 10.4. The van der Waals surface area contributed by atoms with Crippen LogP contribution in [0.15, 0.2) is 12.1 Å². The molecule has 1 aliphatic rings. The summed E-state index contributed by atoms with van der Waals surface area (Å²) in [6.07, 6.45) is 5.87. The molecular weight excluding hydrogens is 204 g/mol. The number of rotatable bonds is 2. The number of benzene rings is 1. The van der Waals surface area contributed by atoms with Gasteiger partial charge in [0.2, 0.25) is 0 Å². The standard InChI is InChI=1S/C14H19Cl/c1-3-10-8-9-11(4-2)14-12(10)6-5-7-13(14)15/h8-9,13H,3-7H2,1-2H3. The predicted octanol–water partition coefficient (Wildman–Crippen LogP) is 4.43. The highest BCUT2D eigenvalue weighted by Crippen LogP contribution is 2.38. The molecule has 0 aliphatic heterocycles. The molecule has 0 fully saturated rings. The van der Waals surface area contributed by atoms with E-state index in [1.165, 1.54) is 29.5 Å². The highest BCUT2D eigenvalue weighted by Gasteiger charge is 2.22. The average Bonchev–Trinajstić information content (AvgIpc) is 2.28. The smallest absolute Gasteiger partial charge is 0.0590 e. The van der Waals surface area contributed by atoms with Crippen LogP contribution in [0.5, 0.6) is 0 Å². The number of aryl methyl sites for hydroxylation is 2. The fourth-order valence-corrected chi connectivity index (χ4v) is 3.11. The molecule has 1 unspecified atom stereocenters. The van der Waals surface area contributed by atoms with Crippen molar-refractivity contribution in [3.63, 3.8) is 0 Å². The van der Waals surface area contributed by atoms with Crippen LogP contribution < -0.4 is 0 Å². The Hall–Kier alpha value is -0.490. The Labute approximate surface area is 97.6 Å². The van der Waals surface area contributed by atoms with Crippen molar-refractivity contribution in [2.75, 3.05) is 0 Å². The lowest BCUT2D eigenvalue weighted by atomic mass is 9.83. The van der Waals surface area contributed by atoms with Crippen molar-refractivity contribution in [3.8, 4) is 0 Å². The maximum Gasteiger partial charge on any atom is 0.0590 e. The van der Waals surface area contributed by atoms with Gasteiger partial charge >= 0.3 is 0 Å². The van der Waals surface area contributed by atoms with Crippen molar-refractivity contribution in [1.29, 1.82) is 0 Å². The van der Waals surface area contributed by atoms with Crippen LogP contribution >= 0.6 is 11.6 Å². The number of halogens is 1. The third-order valence-electron chi connectivity index (χ3n) is 3.50. The van der Waals surface area contributed by atoms with E-state index in [0.717, 1.165) is 19.3 Å². The maximum absolute atomic E-state index is 6.46. The van der Waals surface area contributed by atoms with Crippen LogP contribution in [0.2, 0.25) is 0 Å². The molecule has 0 saturated heterocycles. The molecular formula is C14H19Cl. The van der Waals surface area contributed by atoms with Crippen molar-refractivity contribution >= 4 is 11.6 Å². The third kappa shape index (κ3) is 1.92. The maximum atomic E-state index is 6.46. The first-order chi connectivity index (χ1) is 7.27. The summed E-state index contributed by atoms with van der Waals surface area (Å²) in [6.45, 7) is 4.46. The number of alkyl halides is 1. The highest BCUT2D eigenvalue weighted by atomic mass is 35.5. The predicted molar refractivity (Wildman–Crippen MR) is 66.7 cm³/mol. The van der Waals surface area contributed by atoms with Crippen molar-refractivity contribution < 1.29 is 0 Å². The first kappa shape index (κ1) is 11.0. The largest absolute Gasteiger partial charge is 0.118 e. The van der Waals surface area contributed by atoms with E-state index >= 15 is 0 Å². The van der Waals surface area contributed by atoms with Gasteiger partial charge in [-0.1, -0.05) is 26.0 Å². The van der Waals surface area contributed by atoms with Crippen molar-refractivity contribution in [2.24, 2.45) is 0 Å². The highest BCUT2D eigenvalue weighted by molar-refractivity contribution is 6.21. The lowest BCUT2D eigenvalue weighted by Crippen LogP contribution is -2.11. The fraction of sp³-hybridized carbons (Fsp3) is 0.571. The Morgan fingerprint density at radius 3 is 2.53 bits per heavy atom. The van der Waals surface area contributed by atoms with Gasteiger partial charge in [0.25, 0.3) is 0 Å². The van der Waals surface area contributed by atoms with E-state index in [4.69, 9.17) is 11.6 Å². The summed E-state index contributed by atoms with van der Waals surface area (Å²) in [6, 6.07) is 4.57. The van der Waals surface area contributed by atoms with Crippen LogP contribution in [0.1, 0.15) is 54.3 Å². The minimum absolute atomic E-state index is 0.259. The molecule has 1 aliphatic carbocycles. The lowest BCUT2D eigenvalue weighted by Gasteiger charge is -2.26. The number of fused-ring (bicyclic) bond motifs is 1. The van der Waals surface area contributed by atoms with E-state index in [1.807, 2.05) is 0 Å². The number of hydrogen-bond donors (Lipinski definition) is 0. The van der Waals surface area contributed by atoms with Crippen LogP contribution in [0.25, 0.3) is 0 Å². The second-order valence-corrected chi connectivity index (χ2v) is 4.87. The van der Waals surface area contributed by atoms with E-state index in [0.29, 0.717) is 0 Å². The van der Waals surface area contributed by atoms with Gasteiger partial charge in [0.05, 0.1) is 5.38 Å². The molecule has 0 heterocycles. The second-order valence-electron chi connectivity index (χ2n) is 4.34. The van der Waals surface area contributed by atoms with E-state index in [1.54, 1.807) is 5.56 Å². The van der Waals surface area contributed by atoms with Crippen molar-refractivity contribution in [3.05, 3.63) is 34.4 Å². The van der Waals surface area contributed by atoms with Gasteiger partial charge in [-0.15, -0.1) is 11.6 Å². The molecule has 0 N–H and O–H groups in total. The minimum atomic E-state index is 0.259. The Balaban J connectivity index is 2.56. The van der Waals surface area contributed by atoms with Gasteiger partial charge in [0.1, 0.15) is 0 Å². The molecule has 1 aromatic carbocycles. The third-order valence-corrected chi connectivity index (χ3v) is 3.94. The first-order valence-corrected chi connectivity index (χ1v) is 6.49. The molecule has 0 saturated carbocycles. The van der Waals surface area contributed by atoms with Crippen molar-refractivity contribution in [1.82, 2.24) is 0 Å². The summed E-state index contributed by atoms with van der Waals surface area (Å²) in [5.41, 5.74) is 5.99. The Bertz CT molecular complexity index is 355. The topological polar surface area (TPSA) is 0 Å². The average molecular weight is 223 g/mol. The molecule has 1 heteroatoms. The van der Waals surface area contributed by atoms with E-state index < -0.39 is 0 Å². The molecule has 1 atom stereocenters. The van der Waals surface area contributed by atoms with Gasteiger partial charge in [0, 0.05) is 0 Å². The molecule has 0 aromatic heterocycles. The molecule has 82 valence electrons. The molecule has 0 amide bonds. The first-order valence-electron chi connectivity index (χ1n) is 6.05. The van der Waals surface area contributed by atoms with Gasteiger partial charge in [-0.2, -0.15) is 0 Å². The van der Waals surface area contributed by atoms with Crippen LogP contribution in [-0.4, -0.2) is 0 Å². The molecule has 2 rings (SSSR count).